The number of carbonyl (C=O) groups is 3. The number of amides is 1. The van der Waals surface area contributed by atoms with E-state index in [4.69, 9.17) is 0 Å². The highest BCUT2D eigenvalue weighted by atomic mass is 16.5. The van der Waals surface area contributed by atoms with E-state index in [-0.39, 0.29) is 11.1 Å². The third-order valence-corrected chi connectivity index (χ3v) is 3.80. The van der Waals surface area contributed by atoms with Crippen molar-refractivity contribution in [3.05, 3.63) is 48.0 Å². The number of aliphatic carboxylic acids is 1. The van der Waals surface area contributed by atoms with Crippen molar-refractivity contribution in [3.8, 4) is 0 Å². The summed E-state index contributed by atoms with van der Waals surface area (Å²) < 4.78 is 4.61. The Hall–Kier alpha value is -2.63. The Kier molecular flexibility index (Phi) is 9.00. The number of unbranched alkanes of at least 4 members (excludes halogenated alkanes) is 4. The van der Waals surface area contributed by atoms with Gasteiger partial charge in [0.1, 0.15) is 6.04 Å². The van der Waals surface area contributed by atoms with E-state index < -0.39 is 23.9 Å². The van der Waals surface area contributed by atoms with Crippen molar-refractivity contribution in [3.63, 3.8) is 0 Å². The summed E-state index contributed by atoms with van der Waals surface area (Å²) in [6.45, 7) is 3.66. The molecule has 0 aliphatic heterocycles. The van der Waals surface area contributed by atoms with Gasteiger partial charge < -0.3 is 15.2 Å². The van der Waals surface area contributed by atoms with Crippen LogP contribution in [0.25, 0.3) is 0 Å². The van der Waals surface area contributed by atoms with Gasteiger partial charge in [-0.2, -0.15) is 0 Å². The van der Waals surface area contributed by atoms with Crippen LogP contribution in [0.15, 0.2) is 36.9 Å². The molecule has 0 radical (unpaired) electrons. The molecule has 1 aromatic carbocycles. The number of esters is 1. The lowest BCUT2D eigenvalue weighted by atomic mass is 10.1. The molecule has 6 heteroatoms. The van der Waals surface area contributed by atoms with Crippen molar-refractivity contribution in [1.29, 1.82) is 0 Å². The van der Waals surface area contributed by atoms with Gasteiger partial charge in [0.05, 0.1) is 12.7 Å². The third kappa shape index (κ3) is 7.20. The van der Waals surface area contributed by atoms with Crippen LogP contribution in [0.4, 0.5) is 0 Å². The summed E-state index contributed by atoms with van der Waals surface area (Å²) in [5.41, 5.74) is 0.462. The first-order chi connectivity index (χ1) is 12.0. The molecule has 0 fully saturated rings. The highest BCUT2D eigenvalue weighted by Crippen LogP contribution is 2.10. The number of benzene rings is 1. The molecule has 0 aromatic heterocycles. The molecule has 0 unspecified atom stereocenters. The lowest BCUT2D eigenvalue weighted by Crippen LogP contribution is -2.40. The van der Waals surface area contributed by atoms with Gasteiger partial charge in [-0.15, -0.1) is 6.58 Å². The van der Waals surface area contributed by atoms with Gasteiger partial charge in [-0.1, -0.05) is 31.4 Å². The quantitative estimate of drug-likeness (QED) is 0.364. The lowest BCUT2D eigenvalue weighted by molar-refractivity contribution is -0.139. The second kappa shape index (κ2) is 11.0. The average molecular weight is 347 g/mol. The van der Waals surface area contributed by atoms with Gasteiger partial charge in [0, 0.05) is 5.56 Å². The van der Waals surface area contributed by atoms with E-state index >= 15 is 0 Å². The minimum Gasteiger partial charge on any atom is -0.480 e. The van der Waals surface area contributed by atoms with Crippen LogP contribution in [0.2, 0.25) is 0 Å². The summed E-state index contributed by atoms with van der Waals surface area (Å²) >= 11 is 0. The lowest BCUT2D eigenvalue weighted by Gasteiger charge is -2.14. The van der Waals surface area contributed by atoms with Crippen molar-refractivity contribution in [2.24, 2.45) is 0 Å². The van der Waals surface area contributed by atoms with E-state index in [1.807, 2.05) is 6.08 Å². The molecule has 0 aliphatic carbocycles. The van der Waals surface area contributed by atoms with E-state index in [9.17, 15) is 19.5 Å². The fourth-order valence-electron chi connectivity index (χ4n) is 2.39. The average Bonchev–Trinajstić information content (AvgIpc) is 2.62. The van der Waals surface area contributed by atoms with Gasteiger partial charge in [-0.05, 0) is 37.5 Å². The zero-order valence-electron chi connectivity index (χ0n) is 14.5. The zero-order chi connectivity index (χ0) is 18.7. The van der Waals surface area contributed by atoms with Crippen molar-refractivity contribution in [2.75, 3.05) is 7.11 Å². The molecule has 1 rings (SSSR count). The first-order valence-corrected chi connectivity index (χ1v) is 8.32. The van der Waals surface area contributed by atoms with Crippen LogP contribution in [0.3, 0.4) is 0 Å². The Morgan fingerprint density at radius 2 is 1.88 bits per heavy atom. The van der Waals surface area contributed by atoms with Crippen LogP contribution in [0, 0.1) is 0 Å². The maximum atomic E-state index is 12.3. The van der Waals surface area contributed by atoms with Crippen LogP contribution in [0.1, 0.15) is 59.2 Å². The predicted molar refractivity (Wildman–Crippen MR) is 94.6 cm³/mol. The summed E-state index contributed by atoms with van der Waals surface area (Å²) in [5.74, 6) is -2.14. The number of carboxylic acid groups (broad SMARTS) is 1. The predicted octanol–water partition coefficient (Wildman–Crippen LogP) is 3.18. The van der Waals surface area contributed by atoms with Gasteiger partial charge in [0.2, 0.25) is 0 Å². The fraction of sp³-hybridized carbons (Fsp3) is 0.421. The topological polar surface area (TPSA) is 92.7 Å². The summed E-state index contributed by atoms with van der Waals surface area (Å²) in [6.07, 6.45) is 6.85. The summed E-state index contributed by atoms with van der Waals surface area (Å²) in [5, 5.41) is 11.8. The van der Waals surface area contributed by atoms with Crippen LogP contribution in [0.5, 0.6) is 0 Å². The molecule has 0 aliphatic rings. The van der Waals surface area contributed by atoms with Crippen molar-refractivity contribution >= 4 is 17.8 Å². The molecule has 2 N–H and O–H groups in total. The fourth-order valence-corrected chi connectivity index (χ4v) is 2.39. The number of methoxy groups -OCH3 is 1. The molecule has 0 spiro atoms. The van der Waals surface area contributed by atoms with E-state index in [1.165, 1.54) is 25.3 Å². The summed E-state index contributed by atoms with van der Waals surface area (Å²) in [7, 11) is 1.25. The zero-order valence-corrected chi connectivity index (χ0v) is 14.5. The minimum atomic E-state index is -1.07. The minimum absolute atomic E-state index is 0.222. The van der Waals surface area contributed by atoms with Gasteiger partial charge in [-0.3, -0.25) is 4.79 Å². The van der Waals surface area contributed by atoms with Crippen molar-refractivity contribution in [1.82, 2.24) is 5.32 Å². The third-order valence-electron chi connectivity index (χ3n) is 3.80. The smallest absolute Gasteiger partial charge is 0.337 e. The van der Waals surface area contributed by atoms with E-state index in [2.05, 4.69) is 16.6 Å². The molecule has 25 heavy (non-hydrogen) atoms. The van der Waals surface area contributed by atoms with Gasteiger partial charge in [0.15, 0.2) is 0 Å². The summed E-state index contributed by atoms with van der Waals surface area (Å²) in [4.78, 5) is 35.1. The molecule has 1 aromatic rings. The van der Waals surface area contributed by atoms with Gasteiger partial charge in [-0.25, -0.2) is 9.59 Å². The van der Waals surface area contributed by atoms with Gasteiger partial charge >= 0.3 is 11.9 Å². The molecular weight excluding hydrogens is 322 g/mol. The second-order valence-corrected chi connectivity index (χ2v) is 5.72. The van der Waals surface area contributed by atoms with Crippen molar-refractivity contribution < 1.29 is 24.2 Å². The molecule has 6 nitrogen and oxygen atoms in total. The number of carboxylic acids is 1. The van der Waals surface area contributed by atoms with Gasteiger partial charge in [0.25, 0.3) is 5.91 Å². The molecule has 0 heterocycles. The van der Waals surface area contributed by atoms with Crippen LogP contribution in [-0.4, -0.2) is 36.1 Å². The number of hydrogen-bond donors (Lipinski definition) is 2. The maximum absolute atomic E-state index is 12.3. The SMILES string of the molecule is C=CCCCCCC[C@@H](NC(=O)c1cccc(C(=O)OC)c1)C(=O)O. The molecule has 0 saturated heterocycles. The monoisotopic (exact) mass is 347 g/mol. The highest BCUT2D eigenvalue weighted by Gasteiger charge is 2.20. The van der Waals surface area contributed by atoms with Crippen LogP contribution < -0.4 is 5.32 Å². The van der Waals surface area contributed by atoms with Crippen molar-refractivity contribution in [2.45, 2.75) is 44.6 Å². The maximum Gasteiger partial charge on any atom is 0.337 e. The second-order valence-electron chi connectivity index (χ2n) is 5.72. The first-order valence-electron chi connectivity index (χ1n) is 8.32. The number of nitrogens with one attached hydrogen (secondary N) is 1. The molecule has 0 saturated carbocycles. The van der Waals surface area contributed by atoms with E-state index in [0.29, 0.717) is 6.42 Å². The van der Waals surface area contributed by atoms with E-state index in [1.54, 1.807) is 6.07 Å². The number of ether oxygens (including phenoxy) is 1. The number of hydrogen-bond acceptors (Lipinski definition) is 4. The van der Waals surface area contributed by atoms with Crippen LogP contribution >= 0.6 is 0 Å². The largest absolute Gasteiger partial charge is 0.480 e. The normalized spacial score (nSPS) is 11.4. The number of allylic oxidation sites excluding steroid dienone is 1. The molecule has 136 valence electrons. The summed E-state index contributed by atoms with van der Waals surface area (Å²) in [6, 6.07) is 5.04. The first kappa shape index (κ1) is 20.4. The Morgan fingerprint density at radius 3 is 2.52 bits per heavy atom. The number of rotatable bonds is 11. The number of carbonyl (C=O) groups excluding carboxylic acids is 2. The van der Waals surface area contributed by atoms with Crippen LogP contribution in [-0.2, 0) is 9.53 Å². The highest BCUT2D eigenvalue weighted by molar-refractivity contribution is 5.99. The molecule has 0 bridgehead atoms. The Morgan fingerprint density at radius 1 is 1.20 bits per heavy atom. The molecule has 1 atom stereocenters. The molecular formula is C19H25NO5. The Bertz CT molecular complexity index is 612. The standard InChI is InChI=1S/C19H25NO5/c1-3-4-5-6-7-8-12-16(18(22)23)20-17(21)14-10-9-11-15(13-14)19(24)25-2/h3,9-11,13,16H,1,4-8,12H2,2H3,(H,20,21)(H,22,23)/t16-/m1/s1. The molecule has 1 amide bonds. The van der Waals surface area contributed by atoms with E-state index in [0.717, 1.165) is 32.1 Å². The Balaban J connectivity index is 2.60. The Labute approximate surface area is 147 Å².